The van der Waals surface area contributed by atoms with Crippen molar-refractivity contribution in [2.24, 2.45) is 5.92 Å². The van der Waals surface area contributed by atoms with Crippen LogP contribution in [0.5, 0.6) is 0 Å². The Labute approximate surface area is 112 Å². The van der Waals surface area contributed by atoms with E-state index in [1.807, 2.05) is 0 Å². The van der Waals surface area contributed by atoms with Gasteiger partial charge >= 0.3 is 0 Å². The van der Waals surface area contributed by atoms with Gasteiger partial charge in [-0.2, -0.15) is 0 Å². The summed E-state index contributed by atoms with van der Waals surface area (Å²) in [5.41, 5.74) is 4.24. The molecule has 0 amide bonds. The fraction of sp³-hybridized carbons (Fsp3) is 0.647. The molecule has 1 aromatic rings. The molecule has 0 aromatic heterocycles. The Kier molecular flexibility index (Phi) is 4.82. The van der Waals surface area contributed by atoms with Crippen molar-refractivity contribution in [3.8, 4) is 0 Å². The molecule has 1 fully saturated rings. The van der Waals surface area contributed by atoms with Crippen molar-refractivity contribution < 1.29 is 0 Å². The van der Waals surface area contributed by atoms with Crippen LogP contribution in [0.4, 0.5) is 0 Å². The third-order valence-corrected chi connectivity index (χ3v) is 4.44. The standard InChI is InChI=1S/C17H27N/c1-4-15-6-5-7-17(11-15)18-12-16-9-8-13(2)10-14(16)3/h8-10,15,17-18H,4-7,11-12H2,1-3H3. The highest BCUT2D eigenvalue weighted by molar-refractivity contribution is 5.30. The maximum Gasteiger partial charge on any atom is 0.0210 e. The minimum atomic E-state index is 0.740. The van der Waals surface area contributed by atoms with Crippen LogP contribution in [0.25, 0.3) is 0 Å². The van der Waals surface area contributed by atoms with E-state index in [1.165, 1.54) is 48.8 Å². The molecule has 0 saturated heterocycles. The minimum absolute atomic E-state index is 0.740. The Balaban J connectivity index is 1.87. The molecular formula is C17H27N. The van der Waals surface area contributed by atoms with Crippen LogP contribution in [-0.2, 0) is 6.54 Å². The molecule has 2 atom stereocenters. The van der Waals surface area contributed by atoms with Crippen molar-refractivity contribution in [1.82, 2.24) is 5.32 Å². The summed E-state index contributed by atoms with van der Waals surface area (Å²) in [6.07, 6.45) is 6.94. The lowest BCUT2D eigenvalue weighted by atomic mass is 9.84. The quantitative estimate of drug-likeness (QED) is 0.831. The average Bonchev–Trinajstić information content (AvgIpc) is 2.38. The summed E-state index contributed by atoms with van der Waals surface area (Å²) in [5.74, 6) is 0.954. The van der Waals surface area contributed by atoms with E-state index in [2.05, 4.69) is 44.3 Å². The second kappa shape index (κ2) is 6.38. The van der Waals surface area contributed by atoms with Gasteiger partial charge in [-0.15, -0.1) is 0 Å². The van der Waals surface area contributed by atoms with Crippen LogP contribution in [0.3, 0.4) is 0 Å². The maximum atomic E-state index is 3.76. The summed E-state index contributed by atoms with van der Waals surface area (Å²) >= 11 is 0. The molecule has 1 nitrogen and oxygen atoms in total. The van der Waals surface area contributed by atoms with E-state index in [1.54, 1.807) is 0 Å². The summed E-state index contributed by atoms with van der Waals surface area (Å²) < 4.78 is 0. The molecule has 2 rings (SSSR count). The molecule has 1 heteroatoms. The number of hydrogen-bond donors (Lipinski definition) is 1. The van der Waals surface area contributed by atoms with Gasteiger partial charge in [0, 0.05) is 12.6 Å². The molecule has 0 radical (unpaired) electrons. The second-order valence-corrected chi connectivity index (χ2v) is 5.95. The van der Waals surface area contributed by atoms with Crippen molar-refractivity contribution in [2.75, 3.05) is 0 Å². The van der Waals surface area contributed by atoms with E-state index in [4.69, 9.17) is 0 Å². The summed E-state index contributed by atoms with van der Waals surface area (Å²) in [5, 5.41) is 3.76. The molecule has 1 saturated carbocycles. The summed E-state index contributed by atoms with van der Waals surface area (Å²) in [4.78, 5) is 0. The normalized spacial score (nSPS) is 24.2. The van der Waals surface area contributed by atoms with Gasteiger partial charge < -0.3 is 5.32 Å². The van der Waals surface area contributed by atoms with Gasteiger partial charge in [0.25, 0.3) is 0 Å². The third-order valence-electron chi connectivity index (χ3n) is 4.44. The van der Waals surface area contributed by atoms with Crippen molar-refractivity contribution in [3.05, 3.63) is 34.9 Å². The van der Waals surface area contributed by atoms with Crippen LogP contribution < -0.4 is 5.32 Å². The van der Waals surface area contributed by atoms with Gasteiger partial charge in [-0.3, -0.25) is 0 Å². The molecule has 0 spiro atoms. The molecule has 0 aliphatic heterocycles. The topological polar surface area (TPSA) is 12.0 Å². The monoisotopic (exact) mass is 245 g/mol. The highest BCUT2D eigenvalue weighted by Gasteiger charge is 2.20. The Bertz CT molecular complexity index is 383. The van der Waals surface area contributed by atoms with Gasteiger partial charge in [0.1, 0.15) is 0 Å². The first-order valence-corrected chi connectivity index (χ1v) is 7.48. The van der Waals surface area contributed by atoms with E-state index >= 15 is 0 Å². The SMILES string of the molecule is CCC1CCCC(NCc2ccc(C)cc2C)C1. The van der Waals surface area contributed by atoms with Gasteiger partial charge in [0.15, 0.2) is 0 Å². The largest absolute Gasteiger partial charge is 0.310 e. The molecular weight excluding hydrogens is 218 g/mol. The summed E-state index contributed by atoms with van der Waals surface area (Å²) in [6, 6.07) is 7.52. The molecule has 18 heavy (non-hydrogen) atoms. The Hall–Kier alpha value is -0.820. The van der Waals surface area contributed by atoms with Crippen molar-refractivity contribution in [2.45, 2.75) is 65.5 Å². The zero-order valence-corrected chi connectivity index (χ0v) is 12.1. The van der Waals surface area contributed by atoms with Crippen LogP contribution in [-0.4, -0.2) is 6.04 Å². The second-order valence-electron chi connectivity index (χ2n) is 5.95. The van der Waals surface area contributed by atoms with Crippen LogP contribution in [0.1, 0.15) is 55.7 Å². The molecule has 2 unspecified atom stereocenters. The number of hydrogen-bond acceptors (Lipinski definition) is 1. The lowest BCUT2D eigenvalue weighted by Gasteiger charge is -2.29. The summed E-state index contributed by atoms with van der Waals surface area (Å²) in [7, 11) is 0. The molecule has 1 aromatic carbocycles. The van der Waals surface area contributed by atoms with E-state index in [-0.39, 0.29) is 0 Å². The molecule has 1 N–H and O–H groups in total. The zero-order chi connectivity index (χ0) is 13.0. The summed E-state index contributed by atoms with van der Waals surface area (Å²) in [6.45, 7) is 7.75. The first kappa shape index (κ1) is 13.6. The molecule has 0 bridgehead atoms. The minimum Gasteiger partial charge on any atom is -0.310 e. The lowest BCUT2D eigenvalue weighted by molar-refractivity contribution is 0.278. The van der Waals surface area contributed by atoms with Crippen LogP contribution in [0.15, 0.2) is 18.2 Å². The van der Waals surface area contributed by atoms with Crippen molar-refractivity contribution in [3.63, 3.8) is 0 Å². The fourth-order valence-corrected chi connectivity index (χ4v) is 3.15. The fourth-order valence-electron chi connectivity index (χ4n) is 3.15. The van der Waals surface area contributed by atoms with Crippen molar-refractivity contribution in [1.29, 1.82) is 0 Å². The number of benzene rings is 1. The van der Waals surface area contributed by atoms with Crippen LogP contribution in [0.2, 0.25) is 0 Å². The van der Waals surface area contributed by atoms with E-state index in [0.29, 0.717) is 0 Å². The number of nitrogens with one attached hydrogen (secondary N) is 1. The van der Waals surface area contributed by atoms with Gasteiger partial charge in [-0.05, 0) is 43.7 Å². The lowest BCUT2D eigenvalue weighted by Crippen LogP contribution is -2.33. The Morgan fingerprint density at radius 3 is 2.78 bits per heavy atom. The maximum absolute atomic E-state index is 3.76. The predicted molar refractivity (Wildman–Crippen MR) is 78.8 cm³/mol. The smallest absolute Gasteiger partial charge is 0.0210 e. The predicted octanol–water partition coefficient (Wildman–Crippen LogP) is 4.36. The van der Waals surface area contributed by atoms with E-state index < -0.39 is 0 Å². The van der Waals surface area contributed by atoms with Gasteiger partial charge in [-0.25, -0.2) is 0 Å². The highest BCUT2D eigenvalue weighted by Crippen LogP contribution is 2.26. The average molecular weight is 245 g/mol. The molecule has 1 aliphatic carbocycles. The van der Waals surface area contributed by atoms with Crippen molar-refractivity contribution >= 4 is 0 Å². The zero-order valence-electron chi connectivity index (χ0n) is 12.1. The first-order chi connectivity index (χ1) is 8.69. The molecule has 1 aliphatic rings. The van der Waals surface area contributed by atoms with E-state index in [0.717, 1.165) is 18.5 Å². The van der Waals surface area contributed by atoms with Crippen LogP contribution >= 0.6 is 0 Å². The Morgan fingerprint density at radius 1 is 1.22 bits per heavy atom. The van der Waals surface area contributed by atoms with Gasteiger partial charge in [0.05, 0.1) is 0 Å². The van der Waals surface area contributed by atoms with E-state index in [9.17, 15) is 0 Å². The highest BCUT2D eigenvalue weighted by atomic mass is 14.9. The third kappa shape index (κ3) is 3.58. The molecule has 0 heterocycles. The number of aryl methyl sites for hydroxylation is 2. The first-order valence-electron chi connectivity index (χ1n) is 7.48. The van der Waals surface area contributed by atoms with Crippen LogP contribution in [0, 0.1) is 19.8 Å². The van der Waals surface area contributed by atoms with Gasteiger partial charge in [0.2, 0.25) is 0 Å². The van der Waals surface area contributed by atoms with Gasteiger partial charge in [-0.1, -0.05) is 49.9 Å². The Morgan fingerprint density at radius 2 is 2.06 bits per heavy atom. The molecule has 100 valence electrons. The number of rotatable bonds is 4.